The fourth-order valence-electron chi connectivity index (χ4n) is 2.75. The molecule has 0 radical (unpaired) electrons. The topological polar surface area (TPSA) is 110 Å². The maximum atomic E-state index is 12.9. The van der Waals surface area contributed by atoms with E-state index in [4.69, 9.17) is 0 Å². The molecule has 2 aromatic carbocycles. The minimum absolute atomic E-state index is 0.0848. The molecule has 0 aliphatic carbocycles. The number of amides is 1. The predicted molar refractivity (Wildman–Crippen MR) is 105 cm³/mol. The van der Waals surface area contributed by atoms with Gasteiger partial charge in [0, 0.05) is 17.8 Å². The van der Waals surface area contributed by atoms with Gasteiger partial charge in [-0.15, -0.1) is 0 Å². The van der Waals surface area contributed by atoms with Crippen LogP contribution in [0.15, 0.2) is 42.5 Å². The van der Waals surface area contributed by atoms with Crippen LogP contribution >= 0.6 is 0 Å². The van der Waals surface area contributed by atoms with Crippen molar-refractivity contribution in [3.05, 3.63) is 63.7 Å². The Balaban J connectivity index is 2.42. The Morgan fingerprint density at radius 2 is 1.83 bits per heavy atom. The van der Waals surface area contributed by atoms with Crippen LogP contribution in [0.4, 0.5) is 30.2 Å². The van der Waals surface area contributed by atoms with Gasteiger partial charge in [0.25, 0.3) is 5.69 Å². The zero-order valence-corrected chi connectivity index (χ0v) is 16.9. The first kappa shape index (κ1) is 23.1. The Hall–Kier alpha value is -3.15. The summed E-state index contributed by atoms with van der Waals surface area (Å²) in [5.41, 5.74) is -1.27. The molecule has 12 heteroatoms. The second-order valence-corrected chi connectivity index (χ2v) is 8.39. The van der Waals surface area contributed by atoms with Crippen molar-refractivity contribution in [2.45, 2.75) is 26.1 Å². The van der Waals surface area contributed by atoms with Gasteiger partial charge in [-0.3, -0.25) is 19.2 Å². The monoisotopic (exact) mass is 445 g/mol. The Kier molecular flexibility index (Phi) is 6.40. The summed E-state index contributed by atoms with van der Waals surface area (Å²) < 4.78 is 64.0. The Morgan fingerprint density at radius 1 is 1.20 bits per heavy atom. The summed E-state index contributed by atoms with van der Waals surface area (Å²) >= 11 is 0. The van der Waals surface area contributed by atoms with Crippen molar-refractivity contribution < 1.29 is 31.3 Å². The first-order valence-electron chi connectivity index (χ1n) is 8.44. The highest BCUT2D eigenvalue weighted by molar-refractivity contribution is 7.92. The number of carbonyl (C=O) groups is 1. The number of nitrogens with zero attached hydrogens (tertiary/aromatic N) is 2. The molecule has 0 aromatic heterocycles. The number of nitro benzene ring substituents is 1. The molecule has 1 amide bonds. The van der Waals surface area contributed by atoms with Gasteiger partial charge in [-0.25, -0.2) is 8.42 Å². The molecule has 1 atom stereocenters. The van der Waals surface area contributed by atoms with Gasteiger partial charge in [-0.05, 0) is 37.6 Å². The predicted octanol–water partition coefficient (Wildman–Crippen LogP) is 3.72. The molecule has 0 spiro atoms. The van der Waals surface area contributed by atoms with Crippen LogP contribution in [-0.4, -0.2) is 31.5 Å². The summed E-state index contributed by atoms with van der Waals surface area (Å²) in [6, 6.07) is 6.00. The number of alkyl halides is 3. The van der Waals surface area contributed by atoms with E-state index in [1.165, 1.54) is 32.0 Å². The average Bonchev–Trinajstić information content (AvgIpc) is 2.61. The molecule has 162 valence electrons. The SMILES string of the molecule is Cc1ccc([N+](=O)[O-])cc1N(C(C)C(=O)Nc1cccc(C(F)(F)F)c1)S(C)(=O)=O. The van der Waals surface area contributed by atoms with Crippen molar-refractivity contribution in [3.63, 3.8) is 0 Å². The van der Waals surface area contributed by atoms with E-state index in [0.29, 0.717) is 15.9 Å². The molecular formula is C18H18F3N3O5S. The van der Waals surface area contributed by atoms with E-state index in [0.717, 1.165) is 24.5 Å². The van der Waals surface area contributed by atoms with Crippen molar-refractivity contribution in [2.75, 3.05) is 15.9 Å². The van der Waals surface area contributed by atoms with E-state index in [2.05, 4.69) is 5.32 Å². The van der Waals surface area contributed by atoms with Gasteiger partial charge in [0.05, 0.1) is 22.4 Å². The highest BCUT2D eigenvalue weighted by Crippen LogP contribution is 2.32. The summed E-state index contributed by atoms with van der Waals surface area (Å²) in [6.07, 6.45) is -3.80. The normalized spacial score (nSPS) is 12.9. The second-order valence-electron chi connectivity index (χ2n) is 6.53. The van der Waals surface area contributed by atoms with Crippen LogP contribution in [0.2, 0.25) is 0 Å². The first-order chi connectivity index (χ1) is 13.7. The van der Waals surface area contributed by atoms with Gasteiger partial charge in [0.15, 0.2) is 0 Å². The van der Waals surface area contributed by atoms with E-state index in [9.17, 15) is 36.5 Å². The summed E-state index contributed by atoms with van der Waals surface area (Å²) in [6.45, 7) is 2.73. The number of aryl methyl sites for hydroxylation is 1. The number of hydrogen-bond donors (Lipinski definition) is 1. The van der Waals surface area contributed by atoms with Gasteiger partial charge in [-0.1, -0.05) is 12.1 Å². The van der Waals surface area contributed by atoms with Crippen molar-refractivity contribution >= 4 is 33.0 Å². The van der Waals surface area contributed by atoms with E-state index in [1.54, 1.807) is 0 Å². The van der Waals surface area contributed by atoms with E-state index >= 15 is 0 Å². The molecular weight excluding hydrogens is 427 g/mol. The number of non-ortho nitro benzene ring substituents is 1. The molecule has 30 heavy (non-hydrogen) atoms. The van der Waals surface area contributed by atoms with E-state index in [1.807, 2.05) is 0 Å². The van der Waals surface area contributed by atoms with Crippen molar-refractivity contribution in [2.24, 2.45) is 0 Å². The Bertz CT molecular complexity index is 1090. The van der Waals surface area contributed by atoms with Gasteiger partial charge >= 0.3 is 6.18 Å². The molecule has 1 N–H and O–H groups in total. The zero-order chi connectivity index (χ0) is 22.9. The second kappa shape index (κ2) is 8.30. The van der Waals surface area contributed by atoms with Crippen LogP contribution in [-0.2, 0) is 21.0 Å². The van der Waals surface area contributed by atoms with Gasteiger partial charge < -0.3 is 5.32 Å². The maximum Gasteiger partial charge on any atom is 0.416 e. The van der Waals surface area contributed by atoms with Crippen LogP contribution in [0.25, 0.3) is 0 Å². The number of benzene rings is 2. The molecule has 0 aliphatic rings. The lowest BCUT2D eigenvalue weighted by molar-refractivity contribution is -0.384. The molecule has 2 rings (SSSR count). The molecule has 0 saturated carbocycles. The lowest BCUT2D eigenvalue weighted by Gasteiger charge is -2.29. The first-order valence-corrected chi connectivity index (χ1v) is 10.3. The largest absolute Gasteiger partial charge is 0.416 e. The molecule has 0 fully saturated rings. The molecule has 8 nitrogen and oxygen atoms in total. The van der Waals surface area contributed by atoms with Crippen LogP contribution in [0, 0.1) is 17.0 Å². The van der Waals surface area contributed by atoms with Gasteiger partial charge in [0.2, 0.25) is 15.9 Å². The Labute approximate surface area is 170 Å². The number of rotatable bonds is 6. The number of hydrogen-bond acceptors (Lipinski definition) is 5. The number of nitro groups is 1. The summed E-state index contributed by atoms with van der Waals surface area (Å²) in [4.78, 5) is 23.0. The molecule has 0 bridgehead atoms. The summed E-state index contributed by atoms with van der Waals surface area (Å²) in [5, 5.41) is 13.3. The van der Waals surface area contributed by atoms with Crippen LogP contribution in [0.1, 0.15) is 18.1 Å². The third-order valence-electron chi connectivity index (χ3n) is 4.19. The standard InChI is InChI=1S/C18H18F3N3O5S/c1-11-7-8-15(24(26)27)10-16(11)23(30(3,28)29)12(2)17(25)22-14-6-4-5-13(9-14)18(19,20)21/h4-10,12H,1-3H3,(H,22,25). The number of anilines is 2. The summed E-state index contributed by atoms with van der Waals surface area (Å²) in [7, 11) is -4.08. The zero-order valence-electron chi connectivity index (χ0n) is 16.1. The number of nitrogens with one attached hydrogen (secondary N) is 1. The highest BCUT2D eigenvalue weighted by atomic mass is 32.2. The third-order valence-corrected chi connectivity index (χ3v) is 5.41. The van der Waals surface area contributed by atoms with Crippen LogP contribution < -0.4 is 9.62 Å². The average molecular weight is 445 g/mol. The van der Waals surface area contributed by atoms with Crippen molar-refractivity contribution in [3.8, 4) is 0 Å². The maximum absolute atomic E-state index is 12.9. The minimum atomic E-state index is -4.62. The van der Waals surface area contributed by atoms with Crippen LogP contribution in [0.3, 0.4) is 0 Å². The minimum Gasteiger partial charge on any atom is -0.324 e. The van der Waals surface area contributed by atoms with E-state index in [-0.39, 0.29) is 17.1 Å². The Morgan fingerprint density at radius 3 is 2.37 bits per heavy atom. The smallest absolute Gasteiger partial charge is 0.324 e. The van der Waals surface area contributed by atoms with Gasteiger partial charge in [-0.2, -0.15) is 13.2 Å². The fourth-order valence-corrected chi connectivity index (χ4v) is 3.97. The third kappa shape index (κ3) is 5.26. The quantitative estimate of drug-likeness (QED) is 0.538. The number of halogens is 3. The highest BCUT2D eigenvalue weighted by Gasteiger charge is 2.33. The van der Waals surface area contributed by atoms with Crippen LogP contribution in [0.5, 0.6) is 0 Å². The molecule has 0 heterocycles. The summed E-state index contributed by atoms with van der Waals surface area (Å²) in [5.74, 6) is -0.911. The van der Waals surface area contributed by atoms with Crippen molar-refractivity contribution in [1.29, 1.82) is 0 Å². The fraction of sp³-hybridized carbons (Fsp3) is 0.278. The van der Waals surface area contributed by atoms with Gasteiger partial charge in [0.1, 0.15) is 6.04 Å². The molecule has 1 unspecified atom stereocenters. The molecule has 0 saturated heterocycles. The number of carbonyl (C=O) groups excluding carboxylic acids is 1. The van der Waals surface area contributed by atoms with Crippen molar-refractivity contribution in [1.82, 2.24) is 0 Å². The molecule has 2 aromatic rings. The lowest BCUT2D eigenvalue weighted by atomic mass is 10.1. The molecule has 0 aliphatic heterocycles. The lowest BCUT2D eigenvalue weighted by Crippen LogP contribution is -2.45. The number of sulfonamides is 1. The van der Waals surface area contributed by atoms with E-state index < -0.39 is 38.6 Å².